The zero-order chi connectivity index (χ0) is 14.4. The molecule has 0 atom stereocenters. The van der Waals surface area contributed by atoms with Crippen molar-refractivity contribution in [2.24, 2.45) is 5.73 Å². The third kappa shape index (κ3) is 5.18. The molecule has 0 saturated heterocycles. The molecule has 0 spiro atoms. The van der Waals surface area contributed by atoms with E-state index in [0.717, 1.165) is 9.35 Å². The summed E-state index contributed by atoms with van der Waals surface area (Å²) in [5, 5.41) is 0. The highest BCUT2D eigenvalue weighted by Crippen LogP contribution is 2.28. The normalized spacial score (nSPS) is 10.5. The molecule has 0 saturated carbocycles. The van der Waals surface area contributed by atoms with Gasteiger partial charge in [0.25, 0.3) is 5.91 Å². The van der Waals surface area contributed by atoms with Gasteiger partial charge in [-0.1, -0.05) is 12.2 Å². The van der Waals surface area contributed by atoms with Crippen LogP contribution in [0, 0.1) is 6.92 Å². The Kier molecular flexibility index (Phi) is 6.92. The molecule has 19 heavy (non-hydrogen) atoms. The Balaban J connectivity index is 2.77. The van der Waals surface area contributed by atoms with Gasteiger partial charge in [-0.15, -0.1) is 11.3 Å². The Bertz CT molecular complexity index is 443. The van der Waals surface area contributed by atoms with Crippen LogP contribution in [-0.2, 0) is 4.74 Å². The maximum absolute atomic E-state index is 12.4. The van der Waals surface area contributed by atoms with Crippen molar-refractivity contribution in [1.29, 1.82) is 0 Å². The Morgan fingerprint density at radius 3 is 2.74 bits per heavy atom. The number of carbonyl (C=O) groups excluding carboxylic acids is 1. The summed E-state index contributed by atoms with van der Waals surface area (Å²) >= 11 is 9.73. The number of halogens is 1. The highest BCUT2D eigenvalue weighted by atomic mass is 79.9. The lowest BCUT2D eigenvalue weighted by atomic mass is 10.3. The van der Waals surface area contributed by atoms with Crippen LogP contribution in [-0.4, -0.2) is 42.6 Å². The molecule has 1 amide bonds. The van der Waals surface area contributed by atoms with Gasteiger partial charge in [-0.3, -0.25) is 4.79 Å². The number of rotatable bonds is 7. The average Bonchev–Trinajstić information content (AvgIpc) is 2.69. The third-order valence-corrected chi connectivity index (χ3v) is 4.88. The summed E-state index contributed by atoms with van der Waals surface area (Å²) in [6.07, 6.45) is 0.524. The van der Waals surface area contributed by atoms with E-state index in [0.29, 0.717) is 36.0 Å². The number of thiophene rings is 1. The van der Waals surface area contributed by atoms with E-state index < -0.39 is 0 Å². The van der Waals surface area contributed by atoms with E-state index in [1.54, 1.807) is 12.0 Å². The third-order valence-electron chi connectivity index (χ3n) is 2.55. The van der Waals surface area contributed by atoms with Gasteiger partial charge in [-0.05, 0) is 34.5 Å². The predicted octanol–water partition coefficient (Wildman–Crippen LogP) is 2.58. The first-order chi connectivity index (χ1) is 8.95. The number of aryl methyl sites for hydroxylation is 1. The van der Waals surface area contributed by atoms with E-state index >= 15 is 0 Å². The smallest absolute Gasteiger partial charge is 0.264 e. The number of nitrogens with zero attached hydrogens (tertiary/aromatic N) is 1. The van der Waals surface area contributed by atoms with Gasteiger partial charge < -0.3 is 15.4 Å². The van der Waals surface area contributed by atoms with E-state index in [-0.39, 0.29) is 5.91 Å². The molecule has 0 aliphatic rings. The van der Waals surface area contributed by atoms with Crippen molar-refractivity contribution in [1.82, 2.24) is 4.90 Å². The van der Waals surface area contributed by atoms with E-state index in [9.17, 15) is 4.79 Å². The van der Waals surface area contributed by atoms with Crippen molar-refractivity contribution in [3.05, 3.63) is 20.3 Å². The molecule has 106 valence electrons. The fraction of sp³-hybridized carbons (Fsp3) is 0.500. The standard InChI is InChI=1S/C12H17BrN2O2S2/c1-8-7-9(19-11(8)13)12(16)15(5-6-17-2)4-3-10(14)18/h7H,3-6H2,1-2H3,(H2,14,18). The molecule has 0 radical (unpaired) electrons. The second kappa shape index (κ2) is 7.94. The van der Waals surface area contributed by atoms with Crippen molar-refractivity contribution in [3.8, 4) is 0 Å². The minimum atomic E-state index is -0.00731. The Morgan fingerprint density at radius 1 is 1.58 bits per heavy atom. The maximum atomic E-state index is 12.4. The number of nitrogens with two attached hydrogens (primary N) is 1. The lowest BCUT2D eigenvalue weighted by Crippen LogP contribution is -2.35. The SMILES string of the molecule is COCCN(CCC(N)=S)C(=O)c1cc(C)c(Br)s1. The number of hydrogen-bond donors (Lipinski definition) is 1. The molecule has 0 unspecified atom stereocenters. The van der Waals surface area contributed by atoms with E-state index in [1.807, 2.05) is 13.0 Å². The zero-order valence-electron chi connectivity index (χ0n) is 10.9. The van der Waals surface area contributed by atoms with Crippen LogP contribution in [0.2, 0.25) is 0 Å². The van der Waals surface area contributed by atoms with E-state index in [4.69, 9.17) is 22.7 Å². The first kappa shape index (κ1) is 16.6. The van der Waals surface area contributed by atoms with Crippen LogP contribution >= 0.6 is 39.5 Å². The first-order valence-corrected chi connectivity index (χ1v) is 7.80. The summed E-state index contributed by atoms with van der Waals surface area (Å²) in [5.41, 5.74) is 6.56. The van der Waals surface area contributed by atoms with Gasteiger partial charge in [-0.2, -0.15) is 0 Å². The van der Waals surface area contributed by atoms with Crippen molar-refractivity contribution < 1.29 is 9.53 Å². The van der Waals surface area contributed by atoms with Crippen LogP contribution in [0.4, 0.5) is 0 Å². The second-order valence-electron chi connectivity index (χ2n) is 4.07. The summed E-state index contributed by atoms with van der Waals surface area (Å²) in [6, 6.07) is 1.89. The summed E-state index contributed by atoms with van der Waals surface area (Å²) in [5.74, 6) is -0.00731. The molecule has 0 aliphatic heterocycles. The number of amides is 1. The quantitative estimate of drug-likeness (QED) is 0.755. The van der Waals surface area contributed by atoms with Crippen LogP contribution in [0.1, 0.15) is 21.7 Å². The predicted molar refractivity (Wildman–Crippen MR) is 85.9 cm³/mol. The van der Waals surface area contributed by atoms with Crippen LogP contribution in [0.5, 0.6) is 0 Å². The fourth-order valence-electron chi connectivity index (χ4n) is 1.48. The number of methoxy groups -OCH3 is 1. The molecule has 1 rings (SSSR count). The largest absolute Gasteiger partial charge is 0.393 e. The number of ether oxygens (including phenoxy) is 1. The van der Waals surface area contributed by atoms with Gasteiger partial charge in [0.15, 0.2) is 0 Å². The van der Waals surface area contributed by atoms with Crippen molar-refractivity contribution in [2.45, 2.75) is 13.3 Å². The molecule has 4 nitrogen and oxygen atoms in total. The second-order valence-corrected chi connectivity index (χ2v) is 6.96. The minimum absolute atomic E-state index is 0.00731. The van der Waals surface area contributed by atoms with Crippen LogP contribution in [0.3, 0.4) is 0 Å². The zero-order valence-corrected chi connectivity index (χ0v) is 14.2. The Morgan fingerprint density at radius 2 is 2.26 bits per heavy atom. The molecular weight excluding hydrogens is 348 g/mol. The highest BCUT2D eigenvalue weighted by molar-refractivity contribution is 9.11. The monoisotopic (exact) mass is 364 g/mol. The van der Waals surface area contributed by atoms with Crippen molar-refractivity contribution in [3.63, 3.8) is 0 Å². The Labute approximate surface area is 131 Å². The molecule has 0 fully saturated rings. The molecule has 7 heteroatoms. The molecule has 0 bridgehead atoms. The Hall–Kier alpha value is -0.500. The van der Waals surface area contributed by atoms with Gasteiger partial charge in [0.1, 0.15) is 0 Å². The molecule has 0 aromatic carbocycles. The van der Waals surface area contributed by atoms with E-state index in [1.165, 1.54) is 11.3 Å². The highest BCUT2D eigenvalue weighted by Gasteiger charge is 2.18. The summed E-state index contributed by atoms with van der Waals surface area (Å²) in [6.45, 7) is 3.51. The molecule has 1 aromatic rings. The van der Waals surface area contributed by atoms with Crippen molar-refractivity contribution >= 4 is 50.4 Å². The lowest BCUT2D eigenvalue weighted by Gasteiger charge is -2.21. The number of hydrogen-bond acceptors (Lipinski definition) is 4. The molecule has 0 aliphatic carbocycles. The van der Waals surface area contributed by atoms with E-state index in [2.05, 4.69) is 15.9 Å². The molecule has 1 aromatic heterocycles. The van der Waals surface area contributed by atoms with Crippen LogP contribution in [0.15, 0.2) is 9.85 Å². The average molecular weight is 365 g/mol. The van der Waals surface area contributed by atoms with Gasteiger partial charge in [-0.25, -0.2) is 0 Å². The van der Waals surface area contributed by atoms with Crippen LogP contribution in [0.25, 0.3) is 0 Å². The molecule has 1 heterocycles. The summed E-state index contributed by atoms with van der Waals surface area (Å²) in [7, 11) is 1.61. The number of thiocarbonyl (C=S) groups is 1. The molecule has 2 N–H and O–H groups in total. The van der Waals surface area contributed by atoms with Crippen LogP contribution < -0.4 is 5.73 Å². The lowest BCUT2D eigenvalue weighted by molar-refractivity contribution is 0.0706. The molecular formula is C12H17BrN2O2S2. The van der Waals surface area contributed by atoms with Gasteiger partial charge in [0.2, 0.25) is 0 Å². The van der Waals surface area contributed by atoms with Gasteiger partial charge >= 0.3 is 0 Å². The number of carbonyl (C=O) groups is 1. The summed E-state index contributed by atoms with van der Waals surface area (Å²) in [4.78, 5) is 15.3. The maximum Gasteiger partial charge on any atom is 0.264 e. The first-order valence-electron chi connectivity index (χ1n) is 5.78. The van der Waals surface area contributed by atoms with Crippen molar-refractivity contribution in [2.75, 3.05) is 26.8 Å². The van der Waals surface area contributed by atoms with Gasteiger partial charge in [0, 0.05) is 26.6 Å². The summed E-state index contributed by atoms with van der Waals surface area (Å²) < 4.78 is 6.01. The minimum Gasteiger partial charge on any atom is -0.393 e. The fourth-order valence-corrected chi connectivity index (χ4v) is 3.08. The van der Waals surface area contributed by atoms with Gasteiger partial charge in [0.05, 0.1) is 20.3 Å². The topological polar surface area (TPSA) is 55.6 Å².